The third-order valence-electron chi connectivity index (χ3n) is 0.711. The zero-order chi connectivity index (χ0) is 13.1. The SMILES string of the molecule is O=C([O-])C=CC(=O)[O-].O=C([O-])C=CC(=O)[O-].[Mn]. The topological polar surface area (TPSA) is 161 Å². The fourth-order valence-electron chi connectivity index (χ4n) is 0.272. The molecule has 0 spiro atoms. The molecule has 0 bridgehead atoms. The van der Waals surface area contributed by atoms with E-state index >= 15 is 0 Å². The summed E-state index contributed by atoms with van der Waals surface area (Å²) in [5.41, 5.74) is 0. The Morgan fingerprint density at radius 3 is 0.706 bits per heavy atom. The van der Waals surface area contributed by atoms with Crippen LogP contribution in [0, 0.1) is 0 Å². The van der Waals surface area contributed by atoms with Crippen LogP contribution in [0.2, 0.25) is 0 Å². The van der Waals surface area contributed by atoms with Gasteiger partial charge < -0.3 is 39.6 Å². The maximum atomic E-state index is 9.41. The molecule has 0 amide bonds. The van der Waals surface area contributed by atoms with E-state index in [1.807, 2.05) is 0 Å². The Hall–Kier alpha value is -2.12. The summed E-state index contributed by atoms with van der Waals surface area (Å²) in [5.74, 6) is -6.19. The molecule has 0 aliphatic heterocycles. The van der Waals surface area contributed by atoms with Gasteiger partial charge in [0.15, 0.2) is 0 Å². The first-order valence-corrected chi connectivity index (χ1v) is 3.45. The molecule has 9 heteroatoms. The number of hydrogen-bond donors (Lipinski definition) is 0. The van der Waals surface area contributed by atoms with Crippen molar-refractivity contribution >= 4 is 23.9 Å². The Balaban J connectivity index is -0.000000218. The zero-order valence-electron chi connectivity index (χ0n) is 7.95. The van der Waals surface area contributed by atoms with E-state index in [4.69, 9.17) is 0 Å². The number of carboxylic acids is 4. The summed E-state index contributed by atoms with van der Waals surface area (Å²) < 4.78 is 0. The predicted octanol–water partition coefficient (Wildman–Crippen LogP) is -5.92. The van der Waals surface area contributed by atoms with Crippen LogP contribution < -0.4 is 20.4 Å². The van der Waals surface area contributed by atoms with E-state index in [9.17, 15) is 39.6 Å². The number of aliphatic carboxylic acids is 4. The third-order valence-corrected chi connectivity index (χ3v) is 0.711. The van der Waals surface area contributed by atoms with Crippen LogP contribution in [0.25, 0.3) is 0 Å². The second-order valence-electron chi connectivity index (χ2n) is 1.94. The van der Waals surface area contributed by atoms with Gasteiger partial charge in [-0.1, -0.05) is 0 Å². The Labute approximate surface area is 105 Å². The molecule has 17 heavy (non-hydrogen) atoms. The molecule has 95 valence electrons. The molecule has 0 rings (SSSR count). The quantitative estimate of drug-likeness (QED) is 0.364. The van der Waals surface area contributed by atoms with Crippen molar-refractivity contribution in [1.29, 1.82) is 0 Å². The molecule has 0 aromatic carbocycles. The summed E-state index contributed by atoms with van der Waals surface area (Å²) in [4.78, 5) is 37.7. The van der Waals surface area contributed by atoms with Crippen molar-refractivity contribution in [2.24, 2.45) is 0 Å². The molecule has 0 saturated carbocycles. The van der Waals surface area contributed by atoms with E-state index in [0.29, 0.717) is 24.3 Å². The summed E-state index contributed by atoms with van der Waals surface area (Å²) in [6, 6.07) is 0. The zero-order valence-corrected chi connectivity index (χ0v) is 9.13. The van der Waals surface area contributed by atoms with E-state index in [0.717, 1.165) is 0 Å². The predicted molar refractivity (Wildman–Crippen MR) is 38.3 cm³/mol. The fourth-order valence-corrected chi connectivity index (χ4v) is 0.272. The first kappa shape index (κ1) is 20.3. The van der Waals surface area contributed by atoms with Gasteiger partial charge in [-0.15, -0.1) is 0 Å². The second-order valence-corrected chi connectivity index (χ2v) is 1.94. The van der Waals surface area contributed by atoms with Crippen molar-refractivity contribution in [1.82, 2.24) is 0 Å². The van der Waals surface area contributed by atoms with Gasteiger partial charge in [-0.3, -0.25) is 0 Å². The molecule has 0 saturated heterocycles. The third kappa shape index (κ3) is 31.5. The van der Waals surface area contributed by atoms with Crippen LogP contribution in [-0.4, -0.2) is 23.9 Å². The van der Waals surface area contributed by atoms with Crippen molar-refractivity contribution in [2.45, 2.75) is 0 Å². The Morgan fingerprint density at radius 2 is 0.647 bits per heavy atom. The summed E-state index contributed by atoms with van der Waals surface area (Å²) in [6.07, 6.45) is 1.54. The standard InChI is InChI=1S/2C4H4O4.Mn/c2*5-3(6)1-2-4(7)8;/h2*1-2H,(H,5,6)(H,7,8);/p-4. The monoisotopic (exact) mass is 283 g/mol. The van der Waals surface area contributed by atoms with Crippen LogP contribution >= 0.6 is 0 Å². The minimum absolute atomic E-state index is 0. The summed E-state index contributed by atoms with van der Waals surface area (Å²) in [6.45, 7) is 0. The number of carboxylic acid groups (broad SMARTS) is 4. The van der Waals surface area contributed by atoms with Gasteiger partial charge in [0.1, 0.15) is 0 Å². The average molecular weight is 283 g/mol. The number of carbonyl (C=O) groups is 4. The molecule has 0 fully saturated rings. The summed E-state index contributed by atoms with van der Waals surface area (Å²) >= 11 is 0. The van der Waals surface area contributed by atoms with Gasteiger partial charge in [-0.05, 0) is 24.3 Å². The second kappa shape index (κ2) is 12.0. The number of hydrogen-bond acceptors (Lipinski definition) is 8. The summed E-state index contributed by atoms with van der Waals surface area (Å²) in [7, 11) is 0. The number of rotatable bonds is 4. The Bertz CT molecular complexity index is 277. The largest absolute Gasteiger partial charge is 0.545 e. The smallest absolute Gasteiger partial charge is 0.0643 e. The molecule has 0 aliphatic carbocycles. The van der Waals surface area contributed by atoms with Gasteiger partial charge in [0.2, 0.25) is 0 Å². The van der Waals surface area contributed by atoms with Crippen molar-refractivity contribution in [3.8, 4) is 0 Å². The van der Waals surface area contributed by atoms with Crippen LogP contribution in [0.5, 0.6) is 0 Å². The molecule has 0 aromatic heterocycles. The van der Waals surface area contributed by atoms with Crippen molar-refractivity contribution in [3.63, 3.8) is 0 Å². The van der Waals surface area contributed by atoms with E-state index in [-0.39, 0.29) is 17.1 Å². The average Bonchev–Trinajstić information content (AvgIpc) is 2.12. The van der Waals surface area contributed by atoms with E-state index < -0.39 is 23.9 Å². The van der Waals surface area contributed by atoms with Crippen LogP contribution in [0.1, 0.15) is 0 Å². The van der Waals surface area contributed by atoms with Gasteiger partial charge in [0.05, 0.1) is 23.9 Å². The molecule has 0 aromatic rings. The first-order valence-electron chi connectivity index (χ1n) is 3.45. The van der Waals surface area contributed by atoms with Crippen molar-refractivity contribution < 1.29 is 56.7 Å². The summed E-state index contributed by atoms with van der Waals surface area (Å²) in [5, 5.41) is 37.7. The Kier molecular flexibility index (Phi) is 14.3. The Morgan fingerprint density at radius 1 is 0.529 bits per heavy atom. The van der Waals surface area contributed by atoms with Gasteiger partial charge in [0, 0.05) is 17.1 Å². The van der Waals surface area contributed by atoms with Crippen LogP contribution in [-0.2, 0) is 36.2 Å². The van der Waals surface area contributed by atoms with E-state index in [2.05, 4.69) is 0 Å². The van der Waals surface area contributed by atoms with Crippen LogP contribution in [0.15, 0.2) is 24.3 Å². The minimum Gasteiger partial charge on any atom is -0.545 e. The number of carbonyl (C=O) groups excluding carboxylic acids is 4. The molecular weight excluding hydrogens is 279 g/mol. The molecule has 0 aliphatic rings. The molecule has 0 atom stereocenters. The van der Waals surface area contributed by atoms with Crippen LogP contribution in [0.4, 0.5) is 0 Å². The maximum Gasteiger partial charge on any atom is 0.0643 e. The van der Waals surface area contributed by atoms with Gasteiger partial charge in [0.25, 0.3) is 0 Å². The molecule has 8 nitrogen and oxygen atoms in total. The molecule has 0 N–H and O–H groups in total. The molecule has 1 radical (unpaired) electrons. The van der Waals surface area contributed by atoms with E-state index in [1.165, 1.54) is 0 Å². The molecule has 0 unspecified atom stereocenters. The fraction of sp³-hybridized carbons (Fsp3) is 0. The van der Waals surface area contributed by atoms with E-state index in [1.54, 1.807) is 0 Å². The van der Waals surface area contributed by atoms with Gasteiger partial charge in [-0.2, -0.15) is 0 Å². The molecular formula is C8H4MnO8-4. The first-order chi connectivity index (χ1) is 7.25. The normalized spacial score (nSPS) is 8.94. The van der Waals surface area contributed by atoms with Crippen molar-refractivity contribution in [2.75, 3.05) is 0 Å². The van der Waals surface area contributed by atoms with Crippen LogP contribution in [0.3, 0.4) is 0 Å². The maximum absolute atomic E-state index is 9.41. The molecule has 0 heterocycles. The minimum atomic E-state index is -1.55. The van der Waals surface area contributed by atoms with Crippen molar-refractivity contribution in [3.05, 3.63) is 24.3 Å². The van der Waals surface area contributed by atoms with Gasteiger partial charge in [-0.25, -0.2) is 0 Å². The van der Waals surface area contributed by atoms with Gasteiger partial charge >= 0.3 is 0 Å².